The summed E-state index contributed by atoms with van der Waals surface area (Å²) in [4.78, 5) is 24.4. The van der Waals surface area contributed by atoms with Crippen molar-refractivity contribution in [2.75, 3.05) is 18.5 Å². The minimum atomic E-state index is -0.453. The Kier molecular flexibility index (Phi) is 3.94. The molecule has 1 aliphatic rings. The molecular formula is C13H14N2O4. The molecule has 19 heavy (non-hydrogen) atoms. The first-order valence-corrected chi connectivity index (χ1v) is 5.81. The average Bonchev–Trinajstić information content (AvgIpc) is 2.68. The van der Waals surface area contributed by atoms with Gasteiger partial charge in [-0.1, -0.05) is 12.1 Å². The number of aliphatic hydroxyl groups excluding tert-OH is 2. The number of rotatable bonds is 5. The molecule has 100 valence electrons. The topological polar surface area (TPSA) is 89.9 Å². The highest BCUT2D eigenvalue weighted by molar-refractivity contribution is 6.17. The fourth-order valence-corrected chi connectivity index (χ4v) is 1.76. The zero-order valence-electron chi connectivity index (χ0n) is 10.2. The molecule has 1 aromatic carbocycles. The molecule has 0 radical (unpaired) electrons. The Bertz CT molecular complexity index is 522. The van der Waals surface area contributed by atoms with Gasteiger partial charge in [0.15, 0.2) is 0 Å². The highest BCUT2D eigenvalue weighted by Gasteiger charge is 2.30. The summed E-state index contributed by atoms with van der Waals surface area (Å²) in [5.74, 6) is -0.890. The summed E-state index contributed by atoms with van der Waals surface area (Å²) in [5.41, 5.74) is 1.58. The molecule has 1 heterocycles. The Morgan fingerprint density at radius 1 is 1.11 bits per heavy atom. The number of nitrogens with zero attached hydrogens (tertiary/aromatic N) is 1. The molecule has 0 atom stereocenters. The van der Waals surface area contributed by atoms with Crippen LogP contribution in [0.4, 0.5) is 5.69 Å². The predicted molar refractivity (Wildman–Crippen MR) is 67.9 cm³/mol. The van der Waals surface area contributed by atoms with E-state index in [9.17, 15) is 9.59 Å². The van der Waals surface area contributed by atoms with E-state index in [1.165, 1.54) is 6.08 Å². The smallest absolute Gasteiger partial charge is 0.277 e. The third-order valence-electron chi connectivity index (χ3n) is 2.75. The summed E-state index contributed by atoms with van der Waals surface area (Å²) in [5, 5.41) is 20.6. The minimum absolute atomic E-state index is 0.0111. The SMILES string of the molecule is O=C1C=C(Nc2ccc(CO)cc2)C(=O)N1CCO. The first kappa shape index (κ1) is 13.3. The maximum Gasteiger partial charge on any atom is 0.277 e. The van der Waals surface area contributed by atoms with E-state index in [0.29, 0.717) is 5.69 Å². The summed E-state index contributed by atoms with van der Waals surface area (Å²) in [6.07, 6.45) is 1.21. The number of amides is 2. The van der Waals surface area contributed by atoms with E-state index in [1.54, 1.807) is 24.3 Å². The number of carbonyl (C=O) groups is 2. The first-order valence-electron chi connectivity index (χ1n) is 5.81. The molecule has 6 nitrogen and oxygen atoms in total. The molecule has 0 saturated heterocycles. The van der Waals surface area contributed by atoms with E-state index in [4.69, 9.17) is 10.2 Å². The Hall–Kier alpha value is -2.18. The first-order chi connectivity index (χ1) is 9.15. The number of carbonyl (C=O) groups excluding carboxylic acids is 2. The zero-order chi connectivity index (χ0) is 13.8. The lowest BCUT2D eigenvalue weighted by molar-refractivity contribution is -0.137. The van der Waals surface area contributed by atoms with Crippen molar-refractivity contribution >= 4 is 17.5 Å². The monoisotopic (exact) mass is 262 g/mol. The zero-order valence-corrected chi connectivity index (χ0v) is 10.2. The maximum atomic E-state index is 11.9. The molecule has 0 unspecified atom stereocenters. The molecule has 0 saturated carbocycles. The van der Waals surface area contributed by atoms with E-state index in [2.05, 4.69) is 5.32 Å². The van der Waals surface area contributed by atoms with Crippen molar-refractivity contribution in [3.63, 3.8) is 0 Å². The van der Waals surface area contributed by atoms with Crippen LogP contribution in [0.3, 0.4) is 0 Å². The highest BCUT2D eigenvalue weighted by Crippen LogP contribution is 2.17. The quantitative estimate of drug-likeness (QED) is 0.641. The largest absolute Gasteiger partial charge is 0.395 e. The Balaban J connectivity index is 2.09. The van der Waals surface area contributed by atoms with Gasteiger partial charge in [0.1, 0.15) is 5.70 Å². The molecule has 0 fully saturated rings. The molecule has 2 rings (SSSR count). The van der Waals surface area contributed by atoms with Gasteiger partial charge in [-0.05, 0) is 17.7 Å². The number of nitrogens with one attached hydrogen (secondary N) is 1. The van der Waals surface area contributed by atoms with Crippen LogP contribution in [0.1, 0.15) is 5.56 Å². The van der Waals surface area contributed by atoms with Crippen molar-refractivity contribution in [1.29, 1.82) is 0 Å². The van der Waals surface area contributed by atoms with E-state index in [-0.39, 0.29) is 25.5 Å². The average molecular weight is 262 g/mol. The second kappa shape index (κ2) is 5.64. The van der Waals surface area contributed by atoms with Crippen LogP contribution in [-0.2, 0) is 16.2 Å². The predicted octanol–water partition coefficient (Wildman–Crippen LogP) is -0.164. The molecule has 0 spiro atoms. The summed E-state index contributed by atoms with van der Waals surface area (Å²) in [6, 6.07) is 6.85. The van der Waals surface area contributed by atoms with E-state index in [0.717, 1.165) is 10.5 Å². The van der Waals surface area contributed by atoms with Gasteiger partial charge in [0, 0.05) is 11.8 Å². The van der Waals surface area contributed by atoms with Crippen LogP contribution < -0.4 is 5.32 Å². The van der Waals surface area contributed by atoms with Crippen LogP contribution in [0.15, 0.2) is 36.0 Å². The van der Waals surface area contributed by atoms with Crippen molar-refractivity contribution in [2.45, 2.75) is 6.61 Å². The van der Waals surface area contributed by atoms with E-state index in [1.807, 2.05) is 0 Å². The summed E-state index contributed by atoms with van der Waals surface area (Å²) < 4.78 is 0. The lowest BCUT2D eigenvalue weighted by Gasteiger charge is -2.13. The van der Waals surface area contributed by atoms with Crippen molar-refractivity contribution in [2.24, 2.45) is 0 Å². The maximum absolute atomic E-state index is 11.9. The fraction of sp³-hybridized carbons (Fsp3) is 0.231. The van der Waals surface area contributed by atoms with Gasteiger partial charge in [0.05, 0.1) is 19.8 Å². The van der Waals surface area contributed by atoms with Crippen LogP contribution >= 0.6 is 0 Å². The number of anilines is 1. The van der Waals surface area contributed by atoms with Gasteiger partial charge < -0.3 is 15.5 Å². The van der Waals surface area contributed by atoms with Crippen molar-refractivity contribution in [1.82, 2.24) is 4.90 Å². The molecule has 0 aliphatic carbocycles. The summed E-state index contributed by atoms with van der Waals surface area (Å²) >= 11 is 0. The number of aliphatic hydroxyl groups is 2. The van der Waals surface area contributed by atoms with Crippen molar-refractivity contribution in [3.05, 3.63) is 41.6 Å². The lowest BCUT2D eigenvalue weighted by Crippen LogP contribution is -2.34. The molecule has 1 aliphatic heterocycles. The molecule has 3 N–H and O–H groups in total. The van der Waals surface area contributed by atoms with Gasteiger partial charge in [-0.15, -0.1) is 0 Å². The van der Waals surface area contributed by atoms with Gasteiger partial charge in [-0.3, -0.25) is 14.5 Å². The third kappa shape index (κ3) is 2.81. The highest BCUT2D eigenvalue weighted by atomic mass is 16.3. The van der Waals surface area contributed by atoms with Crippen LogP contribution in [0.2, 0.25) is 0 Å². The molecule has 2 amide bonds. The number of imide groups is 1. The van der Waals surface area contributed by atoms with Crippen LogP contribution in [0.5, 0.6) is 0 Å². The molecule has 0 bridgehead atoms. The molecule has 1 aromatic rings. The Labute approximate surface area is 110 Å². The van der Waals surface area contributed by atoms with Crippen molar-refractivity contribution < 1.29 is 19.8 Å². The van der Waals surface area contributed by atoms with Crippen LogP contribution in [0, 0.1) is 0 Å². The van der Waals surface area contributed by atoms with Crippen LogP contribution in [0.25, 0.3) is 0 Å². The normalized spacial score (nSPS) is 14.8. The molecule has 6 heteroatoms. The summed E-state index contributed by atoms with van der Waals surface area (Å²) in [7, 11) is 0. The van der Waals surface area contributed by atoms with Gasteiger partial charge in [-0.25, -0.2) is 0 Å². The number of hydrogen-bond acceptors (Lipinski definition) is 5. The number of hydrogen-bond donors (Lipinski definition) is 3. The Morgan fingerprint density at radius 3 is 2.37 bits per heavy atom. The van der Waals surface area contributed by atoms with Gasteiger partial charge in [0.25, 0.3) is 11.8 Å². The third-order valence-corrected chi connectivity index (χ3v) is 2.75. The van der Waals surface area contributed by atoms with Gasteiger partial charge >= 0.3 is 0 Å². The molecular weight excluding hydrogens is 248 g/mol. The standard InChI is InChI=1S/C13H14N2O4/c16-6-5-15-12(18)7-11(13(15)19)14-10-3-1-9(8-17)2-4-10/h1-4,7,14,16-17H,5-6,8H2. The number of benzene rings is 1. The second-order valence-corrected chi connectivity index (χ2v) is 4.06. The van der Waals surface area contributed by atoms with Gasteiger partial charge in [-0.2, -0.15) is 0 Å². The van der Waals surface area contributed by atoms with Gasteiger partial charge in [0.2, 0.25) is 0 Å². The Morgan fingerprint density at radius 2 is 1.79 bits per heavy atom. The van der Waals surface area contributed by atoms with Crippen LogP contribution in [-0.4, -0.2) is 40.1 Å². The van der Waals surface area contributed by atoms with E-state index < -0.39 is 11.8 Å². The summed E-state index contributed by atoms with van der Waals surface area (Å²) in [6.45, 7) is -0.322. The minimum Gasteiger partial charge on any atom is -0.395 e. The van der Waals surface area contributed by atoms with E-state index >= 15 is 0 Å². The lowest BCUT2D eigenvalue weighted by atomic mass is 10.2. The fourth-order valence-electron chi connectivity index (χ4n) is 1.76. The number of β-amino-alcohol motifs (C(OH)–C–C–N with tert-alkyl or cyclic N) is 1. The molecule has 0 aromatic heterocycles. The second-order valence-electron chi connectivity index (χ2n) is 4.06. The van der Waals surface area contributed by atoms with Crippen molar-refractivity contribution in [3.8, 4) is 0 Å².